The number of hydrogen-bond acceptors (Lipinski definition) is 2. The Kier molecular flexibility index (Phi) is 6.65. The summed E-state index contributed by atoms with van der Waals surface area (Å²) in [6, 6.07) is 48.7. The van der Waals surface area contributed by atoms with Crippen LogP contribution in [0.1, 0.15) is 38.6 Å². The topological polar surface area (TPSA) is 17.3 Å². The largest absolute Gasteiger partial charge is 0.308 e. The maximum Gasteiger partial charge on any atom is 0.0744 e. The first kappa shape index (κ1) is 30.3. The summed E-state index contributed by atoms with van der Waals surface area (Å²) in [7, 11) is 0. The Hall–Kier alpha value is -6.29. The number of pyridine rings is 1. The second kappa shape index (κ2) is 11.6. The van der Waals surface area contributed by atoms with Crippen molar-refractivity contribution in [3.8, 4) is 11.3 Å². The molecular weight excluding hydrogens is 661 g/mol. The molecule has 1 atom stereocenters. The first-order valence-electron chi connectivity index (χ1n) is 18.3. The van der Waals surface area contributed by atoms with E-state index >= 15 is 0 Å². The van der Waals surface area contributed by atoms with Crippen molar-refractivity contribution in [1.29, 1.82) is 0 Å². The van der Waals surface area contributed by atoms with Gasteiger partial charge in [0.25, 0.3) is 0 Å². The zero-order chi connectivity index (χ0) is 35.2. The zero-order valence-electron chi connectivity index (χ0n) is 29.3. The van der Waals surface area contributed by atoms with Gasteiger partial charge in [-0.25, -0.2) is 4.98 Å². The molecule has 1 aliphatic rings. The molecule has 0 aliphatic heterocycles. The lowest BCUT2D eigenvalue weighted by molar-refractivity contribution is 0.836. The molecule has 6 aromatic carbocycles. The van der Waals surface area contributed by atoms with Crippen molar-refractivity contribution in [3.05, 3.63) is 185 Å². The lowest BCUT2D eigenvalue weighted by Crippen LogP contribution is -2.04. The Morgan fingerprint density at radius 2 is 1.43 bits per heavy atom. The van der Waals surface area contributed by atoms with Gasteiger partial charge in [-0.3, -0.25) is 0 Å². The number of hydrogen-bond donors (Lipinski definition) is 0. The number of fused-ring (bicyclic) bond motifs is 10. The van der Waals surface area contributed by atoms with Crippen LogP contribution in [0.25, 0.3) is 88.1 Å². The van der Waals surface area contributed by atoms with Crippen LogP contribution in [0.2, 0.25) is 0 Å². The third-order valence-corrected chi connectivity index (χ3v) is 12.6. The average Bonchev–Trinajstić information content (AvgIpc) is 3.87. The first-order valence-corrected chi connectivity index (χ1v) is 19.1. The minimum absolute atomic E-state index is 0.382. The van der Waals surface area contributed by atoms with Gasteiger partial charge in [-0.15, -0.1) is 11.3 Å². The van der Waals surface area contributed by atoms with Gasteiger partial charge >= 0.3 is 0 Å². The monoisotopic (exact) mass is 694 g/mol. The second-order valence-corrected chi connectivity index (χ2v) is 15.5. The minimum atomic E-state index is 0.382. The molecule has 0 amide bonds. The minimum Gasteiger partial charge on any atom is -0.308 e. The van der Waals surface area contributed by atoms with Crippen LogP contribution in [0.3, 0.4) is 0 Å². The van der Waals surface area contributed by atoms with E-state index in [1.807, 2.05) is 11.3 Å². The number of rotatable bonds is 5. The van der Waals surface area contributed by atoms with Gasteiger partial charge in [0.05, 0.1) is 27.8 Å². The third kappa shape index (κ3) is 4.67. The molecule has 1 unspecified atom stereocenters. The zero-order valence-corrected chi connectivity index (χ0v) is 30.1. The van der Waals surface area contributed by atoms with Crippen LogP contribution in [0.5, 0.6) is 0 Å². The molecule has 3 heteroatoms. The summed E-state index contributed by atoms with van der Waals surface area (Å²) in [5, 5.41) is 7.63. The van der Waals surface area contributed by atoms with Crippen LogP contribution in [0, 0.1) is 6.92 Å². The maximum absolute atomic E-state index is 5.32. The van der Waals surface area contributed by atoms with Crippen LogP contribution in [0.4, 0.5) is 0 Å². The fraction of sp³-hybridized carbons (Fsp3) is 0.0600. The molecule has 11 rings (SSSR count). The van der Waals surface area contributed by atoms with E-state index in [2.05, 4.69) is 176 Å². The normalized spacial score (nSPS) is 14.5. The molecule has 0 bridgehead atoms. The van der Waals surface area contributed by atoms with Gasteiger partial charge in [-0.1, -0.05) is 122 Å². The van der Waals surface area contributed by atoms with E-state index in [4.69, 9.17) is 4.98 Å². The number of benzene rings is 6. The van der Waals surface area contributed by atoms with E-state index in [0.29, 0.717) is 5.92 Å². The Bertz CT molecular complexity index is 3090. The Labute approximate surface area is 311 Å². The number of para-hydroxylation sites is 2. The fourth-order valence-electron chi connectivity index (χ4n) is 8.70. The lowest BCUT2D eigenvalue weighted by atomic mass is 9.86. The highest BCUT2D eigenvalue weighted by Crippen LogP contribution is 2.42. The number of nitrogens with zero attached hydrogens (tertiary/aromatic N) is 2. The standard InChI is InChI=1S/C50H34N2S/c1-30(32-17-20-34(21-18-32)36-24-26-48-41(27-36)40-11-5-8-14-47(40)53-48)15-16-33-19-22-35-23-25-44(51-49(35)31(33)2)37-28-42-38-9-3-6-12-45(38)52-46-13-7-4-10-39(46)43(29-37)50(42)52/h3-26,28-29,36H,1,27H2,2H3/b16-15-. The van der Waals surface area contributed by atoms with Crippen molar-refractivity contribution in [1.82, 2.24) is 9.38 Å². The second-order valence-electron chi connectivity index (χ2n) is 14.4. The number of aromatic nitrogens is 2. The fourth-order valence-corrected chi connectivity index (χ4v) is 9.85. The average molecular weight is 695 g/mol. The van der Waals surface area contributed by atoms with Gasteiger partial charge in [0.15, 0.2) is 0 Å². The quantitative estimate of drug-likeness (QED) is 0.164. The van der Waals surface area contributed by atoms with Crippen molar-refractivity contribution < 1.29 is 0 Å². The maximum atomic E-state index is 5.32. The third-order valence-electron chi connectivity index (χ3n) is 11.5. The molecule has 0 saturated heterocycles. The molecule has 250 valence electrons. The Balaban J connectivity index is 0.898. The molecule has 0 N–H and O–H groups in total. The molecule has 4 aromatic heterocycles. The van der Waals surface area contributed by atoms with E-state index in [-0.39, 0.29) is 0 Å². The van der Waals surface area contributed by atoms with Crippen LogP contribution >= 0.6 is 11.3 Å². The van der Waals surface area contributed by atoms with Crippen molar-refractivity contribution >= 4 is 88.1 Å². The Morgan fingerprint density at radius 3 is 2.19 bits per heavy atom. The Morgan fingerprint density at radius 1 is 0.755 bits per heavy atom. The molecule has 4 heterocycles. The van der Waals surface area contributed by atoms with E-state index in [0.717, 1.165) is 45.3 Å². The number of aryl methyl sites for hydroxylation is 1. The van der Waals surface area contributed by atoms with Gasteiger partial charge in [-0.05, 0) is 94.6 Å². The van der Waals surface area contributed by atoms with E-state index < -0.39 is 0 Å². The summed E-state index contributed by atoms with van der Waals surface area (Å²) in [6.45, 7) is 6.63. The van der Waals surface area contributed by atoms with Gasteiger partial charge in [-0.2, -0.15) is 0 Å². The van der Waals surface area contributed by atoms with Crippen molar-refractivity contribution in [2.75, 3.05) is 0 Å². The summed E-state index contributed by atoms with van der Waals surface area (Å²) < 4.78 is 3.80. The summed E-state index contributed by atoms with van der Waals surface area (Å²) in [6.07, 6.45) is 10.1. The predicted molar refractivity (Wildman–Crippen MR) is 228 cm³/mol. The van der Waals surface area contributed by atoms with Gasteiger partial charge in [0.2, 0.25) is 0 Å². The SMILES string of the molecule is C=C(/C=C\c1ccc2ccc(-c3cc4c5ccccc5n5c6ccccc6c(c3)c45)nc2c1C)c1ccc(C2C=Cc3sc4ccccc4c3C2)cc1. The molecule has 2 nitrogen and oxygen atoms in total. The molecular formula is C50H34N2S. The molecule has 0 radical (unpaired) electrons. The van der Waals surface area contributed by atoms with Gasteiger partial charge in [0, 0.05) is 48.0 Å². The number of allylic oxidation sites excluding steroid dienone is 3. The van der Waals surface area contributed by atoms with Crippen LogP contribution < -0.4 is 0 Å². The highest BCUT2D eigenvalue weighted by atomic mass is 32.1. The molecule has 10 aromatic rings. The molecule has 0 saturated carbocycles. The molecule has 0 fully saturated rings. The molecule has 1 aliphatic carbocycles. The smallest absolute Gasteiger partial charge is 0.0744 e. The highest BCUT2D eigenvalue weighted by Gasteiger charge is 2.21. The molecule has 53 heavy (non-hydrogen) atoms. The van der Waals surface area contributed by atoms with Crippen molar-refractivity contribution in [2.24, 2.45) is 0 Å². The summed E-state index contributed by atoms with van der Waals surface area (Å²) in [5.41, 5.74) is 14.2. The van der Waals surface area contributed by atoms with Gasteiger partial charge in [0.1, 0.15) is 0 Å². The predicted octanol–water partition coefficient (Wildman–Crippen LogP) is 13.7. The van der Waals surface area contributed by atoms with Crippen molar-refractivity contribution in [2.45, 2.75) is 19.3 Å². The van der Waals surface area contributed by atoms with E-state index in [9.17, 15) is 0 Å². The summed E-state index contributed by atoms with van der Waals surface area (Å²) in [5.74, 6) is 0.382. The van der Waals surface area contributed by atoms with Crippen LogP contribution in [-0.4, -0.2) is 9.38 Å². The lowest BCUT2D eigenvalue weighted by Gasteiger charge is -2.18. The summed E-state index contributed by atoms with van der Waals surface area (Å²) in [4.78, 5) is 6.73. The highest BCUT2D eigenvalue weighted by molar-refractivity contribution is 7.20. The van der Waals surface area contributed by atoms with Crippen LogP contribution in [0.15, 0.2) is 152 Å². The van der Waals surface area contributed by atoms with Crippen molar-refractivity contribution in [3.63, 3.8) is 0 Å². The molecule has 0 spiro atoms. The van der Waals surface area contributed by atoms with Gasteiger partial charge < -0.3 is 4.40 Å². The first-order chi connectivity index (χ1) is 26.1. The summed E-state index contributed by atoms with van der Waals surface area (Å²) >= 11 is 1.90. The van der Waals surface area contributed by atoms with E-state index in [1.165, 1.54) is 69.7 Å². The van der Waals surface area contributed by atoms with Crippen LogP contribution in [-0.2, 0) is 6.42 Å². The van der Waals surface area contributed by atoms with E-state index in [1.54, 1.807) is 0 Å². The number of thiophene rings is 1.